The number of aliphatic hydroxyl groups excluding tert-OH is 1. The Bertz CT molecular complexity index is 861. The fraction of sp³-hybridized carbons (Fsp3) is 0.739. The number of epoxide rings is 1. The fourth-order valence-corrected chi connectivity index (χ4v) is 6.99. The van der Waals surface area contributed by atoms with E-state index in [1.54, 1.807) is 19.6 Å². The molecule has 5 rings (SSSR count). The number of carbonyl (C=O) groups is 2. The first-order valence-corrected chi connectivity index (χ1v) is 11.0. The third kappa shape index (κ3) is 2.68. The summed E-state index contributed by atoms with van der Waals surface area (Å²) in [5, 5.41) is 11.3. The smallest absolute Gasteiger partial charge is 0.302 e. The molecule has 1 N–H and O–H groups in total. The normalized spacial score (nSPS) is 46.3. The van der Waals surface area contributed by atoms with Gasteiger partial charge in [0.1, 0.15) is 23.7 Å². The third-order valence-corrected chi connectivity index (χ3v) is 8.55. The molecule has 31 heavy (non-hydrogen) atoms. The van der Waals surface area contributed by atoms with Gasteiger partial charge >= 0.3 is 5.97 Å². The lowest BCUT2D eigenvalue weighted by Crippen LogP contribution is -2.71. The van der Waals surface area contributed by atoms with Crippen LogP contribution in [0.5, 0.6) is 0 Å². The maximum atomic E-state index is 13.8. The molecule has 0 unspecified atom stereocenters. The third-order valence-electron chi connectivity index (χ3n) is 8.55. The highest BCUT2D eigenvalue weighted by Gasteiger charge is 2.79. The van der Waals surface area contributed by atoms with Crippen molar-refractivity contribution in [2.75, 3.05) is 20.3 Å². The molecule has 3 heterocycles. The van der Waals surface area contributed by atoms with Crippen molar-refractivity contribution in [3.63, 3.8) is 0 Å². The van der Waals surface area contributed by atoms with E-state index in [-0.39, 0.29) is 24.4 Å². The van der Waals surface area contributed by atoms with Crippen molar-refractivity contribution in [3.8, 4) is 0 Å². The van der Waals surface area contributed by atoms with Gasteiger partial charge in [0.15, 0.2) is 12.1 Å². The predicted octanol–water partition coefficient (Wildman–Crippen LogP) is 2.40. The van der Waals surface area contributed by atoms with Crippen LogP contribution in [0, 0.1) is 22.7 Å². The van der Waals surface area contributed by atoms with E-state index in [4.69, 9.17) is 23.4 Å². The van der Waals surface area contributed by atoms with E-state index in [2.05, 4.69) is 0 Å². The summed E-state index contributed by atoms with van der Waals surface area (Å²) in [5.41, 5.74) is -1.57. The molecule has 4 fully saturated rings. The van der Waals surface area contributed by atoms with E-state index in [0.717, 1.165) is 18.4 Å². The predicted molar refractivity (Wildman–Crippen MR) is 106 cm³/mol. The van der Waals surface area contributed by atoms with Gasteiger partial charge in [0.2, 0.25) is 0 Å². The zero-order valence-electron chi connectivity index (χ0n) is 18.2. The highest BCUT2D eigenvalue weighted by molar-refractivity contribution is 5.93. The molecule has 170 valence electrons. The van der Waals surface area contributed by atoms with Crippen LogP contribution in [0.2, 0.25) is 0 Å². The van der Waals surface area contributed by atoms with Gasteiger partial charge in [0.25, 0.3) is 0 Å². The second-order valence-corrected chi connectivity index (χ2v) is 9.64. The minimum atomic E-state index is -1.23. The molecule has 4 aliphatic rings. The van der Waals surface area contributed by atoms with Gasteiger partial charge in [-0.15, -0.1) is 0 Å². The van der Waals surface area contributed by atoms with Gasteiger partial charge in [-0.3, -0.25) is 9.59 Å². The van der Waals surface area contributed by atoms with Gasteiger partial charge in [-0.2, -0.15) is 0 Å². The first-order chi connectivity index (χ1) is 14.8. The van der Waals surface area contributed by atoms with Gasteiger partial charge in [-0.25, -0.2) is 0 Å². The van der Waals surface area contributed by atoms with Crippen LogP contribution >= 0.6 is 0 Å². The number of hydrogen-bond donors (Lipinski definition) is 1. The summed E-state index contributed by atoms with van der Waals surface area (Å²) < 4.78 is 28.9. The number of ether oxygens (including phenoxy) is 4. The molecule has 8 nitrogen and oxygen atoms in total. The van der Waals surface area contributed by atoms with E-state index in [0.29, 0.717) is 19.4 Å². The number of rotatable bonds is 4. The van der Waals surface area contributed by atoms with Crippen LogP contribution in [-0.2, 0) is 28.5 Å². The van der Waals surface area contributed by atoms with Crippen LogP contribution in [0.4, 0.5) is 0 Å². The van der Waals surface area contributed by atoms with Crippen LogP contribution in [-0.4, -0.2) is 55.2 Å². The Labute approximate surface area is 181 Å². The van der Waals surface area contributed by atoms with Crippen LogP contribution in [0.1, 0.15) is 51.2 Å². The van der Waals surface area contributed by atoms with Crippen molar-refractivity contribution >= 4 is 11.8 Å². The molecular weight excluding hydrogens is 404 g/mol. The molecule has 1 aromatic rings. The van der Waals surface area contributed by atoms with Crippen LogP contribution in [0.3, 0.4) is 0 Å². The van der Waals surface area contributed by atoms with Crippen molar-refractivity contribution in [1.82, 2.24) is 0 Å². The average molecular weight is 434 g/mol. The second kappa shape index (κ2) is 7.13. The van der Waals surface area contributed by atoms with Crippen molar-refractivity contribution in [2.24, 2.45) is 22.7 Å². The lowest BCUT2D eigenvalue weighted by molar-refractivity contribution is -0.246. The van der Waals surface area contributed by atoms with Gasteiger partial charge in [-0.05, 0) is 31.2 Å². The molecule has 0 bridgehead atoms. The number of methoxy groups -OCH3 is 1. The quantitative estimate of drug-likeness (QED) is 0.569. The Balaban J connectivity index is 1.65. The van der Waals surface area contributed by atoms with E-state index in [9.17, 15) is 14.7 Å². The highest BCUT2D eigenvalue weighted by atomic mass is 16.7. The fourth-order valence-electron chi connectivity index (χ4n) is 6.99. The Morgan fingerprint density at radius 2 is 2.16 bits per heavy atom. The van der Waals surface area contributed by atoms with Gasteiger partial charge in [-0.1, -0.05) is 13.3 Å². The number of esters is 1. The summed E-state index contributed by atoms with van der Waals surface area (Å²) in [6.45, 7) is 3.57. The van der Waals surface area contributed by atoms with E-state index < -0.39 is 40.7 Å². The maximum absolute atomic E-state index is 13.8. The number of fused-ring (bicyclic) bond motifs is 3. The van der Waals surface area contributed by atoms with E-state index in [1.807, 2.05) is 13.0 Å². The number of furan rings is 1. The number of carbonyl (C=O) groups excluding carboxylic acids is 2. The summed E-state index contributed by atoms with van der Waals surface area (Å²) >= 11 is 0. The topological polar surface area (TPSA) is 108 Å². The molecule has 2 saturated heterocycles. The summed E-state index contributed by atoms with van der Waals surface area (Å²) in [7, 11) is 1.60. The maximum Gasteiger partial charge on any atom is 0.302 e. The van der Waals surface area contributed by atoms with Crippen LogP contribution in [0.25, 0.3) is 0 Å². The first kappa shape index (κ1) is 21.1. The number of aliphatic hydroxyl groups is 1. The number of hydrogen-bond acceptors (Lipinski definition) is 8. The minimum Gasteiger partial charge on any atom is -0.472 e. The van der Waals surface area contributed by atoms with E-state index >= 15 is 0 Å². The van der Waals surface area contributed by atoms with Gasteiger partial charge in [0.05, 0.1) is 25.2 Å². The van der Waals surface area contributed by atoms with Crippen molar-refractivity contribution in [3.05, 3.63) is 24.2 Å². The largest absolute Gasteiger partial charge is 0.472 e. The molecule has 8 heteroatoms. The summed E-state index contributed by atoms with van der Waals surface area (Å²) in [6, 6.07) is 1.87. The summed E-state index contributed by atoms with van der Waals surface area (Å²) in [4.78, 5) is 25.6. The van der Waals surface area contributed by atoms with Crippen molar-refractivity contribution < 1.29 is 38.1 Å². The van der Waals surface area contributed by atoms with E-state index in [1.165, 1.54) is 6.92 Å². The lowest BCUT2D eigenvalue weighted by Gasteiger charge is -2.61. The van der Waals surface area contributed by atoms with Crippen LogP contribution in [0.15, 0.2) is 23.0 Å². The number of Topliss-reactive ketones (excluding diaryl/α,β-unsaturated/α-hetero) is 1. The number of ketones is 1. The zero-order chi connectivity index (χ0) is 22.0. The molecule has 0 amide bonds. The highest BCUT2D eigenvalue weighted by Crippen LogP contribution is 2.71. The molecule has 0 radical (unpaired) electrons. The Kier molecular flexibility index (Phi) is 4.86. The Morgan fingerprint density at radius 1 is 1.39 bits per heavy atom. The second-order valence-electron chi connectivity index (χ2n) is 9.64. The van der Waals surface area contributed by atoms with Crippen molar-refractivity contribution in [1.29, 1.82) is 0 Å². The molecule has 1 aromatic heterocycles. The zero-order valence-corrected chi connectivity index (χ0v) is 18.2. The monoisotopic (exact) mass is 434 g/mol. The lowest BCUT2D eigenvalue weighted by atomic mass is 9.42. The first-order valence-electron chi connectivity index (χ1n) is 11.0. The molecule has 2 saturated carbocycles. The molecule has 2 spiro atoms. The standard InChI is InChI=1S/C23H30O8/c1-13-18(25)19(26)23(12-29-14(2)24)17(5-4-7-21(23)11-30-21)22(13)9-16(31-20(22)27-3)15-6-8-28-10-15/h6,8,10,13,16-18,20,25H,4-5,7,9,11-12H2,1-3H3/t13-,16+,17+,18-,20-,21+,22-,23-/m1/s1. The summed E-state index contributed by atoms with van der Waals surface area (Å²) in [5.74, 6) is -1.35. The molecule has 8 atom stereocenters. The Morgan fingerprint density at radius 3 is 2.77 bits per heavy atom. The molecule has 2 aliphatic carbocycles. The SMILES string of the molecule is CO[C@@H]1O[C@H](c2ccoc2)C[C@]12[C@H](C)[C@@H](O)C(=O)[C@@]1(COC(C)=O)[C@H]2CCC[C@]12CO2. The average Bonchev–Trinajstić information content (AvgIpc) is 3.18. The molecule has 2 aliphatic heterocycles. The van der Waals surface area contributed by atoms with Gasteiger partial charge in [0, 0.05) is 30.9 Å². The van der Waals surface area contributed by atoms with Crippen LogP contribution < -0.4 is 0 Å². The molecular formula is C23H30O8. The molecule has 0 aromatic carbocycles. The summed E-state index contributed by atoms with van der Waals surface area (Å²) in [6.07, 6.45) is 4.04. The Hall–Kier alpha value is -1.74. The van der Waals surface area contributed by atoms with Crippen molar-refractivity contribution in [2.45, 2.75) is 63.6 Å². The minimum absolute atomic E-state index is 0.0931. The van der Waals surface area contributed by atoms with Gasteiger partial charge < -0.3 is 28.5 Å².